The van der Waals surface area contributed by atoms with Gasteiger partial charge in [0.15, 0.2) is 0 Å². The molecule has 4 aromatic heterocycles. The Morgan fingerprint density at radius 1 is 0.433 bits per heavy atom. The molecule has 0 spiro atoms. The number of fused-ring (bicyclic) bond motifs is 3. The highest BCUT2D eigenvalue weighted by molar-refractivity contribution is 6.84. The molecule has 0 fully saturated rings. The van der Waals surface area contributed by atoms with Crippen LogP contribution in [0.5, 0.6) is 11.5 Å². The normalized spacial score (nSPS) is 12.1. The second kappa shape index (κ2) is 43.3. The zero-order valence-electron chi connectivity index (χ0n) is 62.6. The lowest BCUT2D eigenvalue weighted by Gasteiger charge is -2.22. The lowest BCUT2D eigenvalue weighted by atomic mass is 9.50. The zero-order valence-corrected chi connectivity index (χ0v) is 64.1. The predicted octanol–water partition coefficient (Wildman–Crippen LogP) is 23.8. The van der Waals surface area contributed by atoms with Crippen molar-refractivity contribution in [1.82, 2.24) is 29.0 Å². The molecule has 13 heteroatoms. The van der Waals surface area contributed by atoms with Crippen LogP contribution in [0.3, 0.4) is 0 Å². The fourth-order valence-electron chi connectivity index (χ4n) is 15.1. The number of nitriles is 1. The van der Waals surface area contributed by atoms with Gasteiger partial charge in [0.1, 0.15) is 28.8 Å². The first-order chi connectivity index (χ1) is 51.3. The average molecular weight is 1430 g/mol. The predicted molar refractivity (Wildman–Crippen MR) is 439 cm³/mol. The lowest BCUT2D eigenvalue weighted by molar-refractivity contribution is 0.304. The maximum Gasteiger partial charge on any atom is 0.327 e. The standard InChI is InChI=1S/C91H111BCl2N8O2/c1-5-7-9-11-13-15-17-19-21-23-25-27-29-31-33-35-37-47-63-103-74-59-55-70(56-60-74)88-85-86(90(101(88)4)76(67-95)83-68-97-79-53-45-46-54-80(79)99-83)89(71-57-61-75(62-58-71)104-64-48-38-36-34-32-30-28-26-24-22-20-18-16-14-12-10-8-6-2)102(92(72-49-41-39-42-50-72)73-51-43-40-44-52-73)91(85)87(96-3)84-69-98-81-65-77(93)78(94)66-82(81)100-84/h39-46,49-62,65-66,68-69H,5-38,47-48,63-64H2,1-2,4H3/b90-76-,91-87+. The number of benzene rings is 6. The molecular weight excluding hydrogens is 1320 g/mol. The fourth-order valence-corrected chi connectivity index (χ4v) is 15.4. The fraction of sp³-hybridized carbons (Fsp3) is 0.451. The summed E-state index contributed by atoms with van der Waals surface area (Å²) in [5.41, 5.74) is 8.93. The topological polar surface area (TPSA) is 108 Å². The minimum absolute atomic E-state index is 0.245. The molecule has 544 valence electrons. The van der Waals surface area contributed by atoms with Gasteiger partial charge >= 0.3 is 6.85 Å². The van der Waals surface area contributed by atoms with Crippen LogP contribution < -0.4 is 31.1 Å². The Kier molecular flexibility index (Phi) is 32.6. The van der Waals surface area contributed by atoms with Crippen molar-refractivity contribution in [3.05, 3.63) is 202 Å². The Balaban J connectivity index is 0.978. The number of para-hydroxylation sites is 2. The van der Waals surface area contributed by atoms with E-state index in [9.17, 15) is 11.8 Å². The van der Waals surface area contributed by atoms with Gasteiger partial charge in [-0.3, -0.25) is 15.0 Å². The first-order valence-electron chi connectivity index (χ1n) is 40.0. The smallest absolute Gasteiger partial charge is 0.327 e. The molecule has 4 heterocycles. The molecule has 0 atom stereocenters. The summed E-state index contributed by atoms with van der Waals surface area (Å²) >= 11 is 13.3. The van der Waals surface area contributed by atoms with Gasteiger partial charge in [0.05, 0.1) is 74.8 Å². The van der Waals surface area contributed by atoms with Crippen molar-refractivity contribution < 1.29 is 9.47 Å². The molecule has 0 aliphatic heterocycles. The summed E-state index contributed by atoms with van der Waals surface area (Å²) in [7, 11) is 2.01. The zero-order chi connectivity index (χ0) is 72.3. The first kappa shape index (κ1) is 78.4. The first-order valence-corrected chi connectivity index (χ1v) is 40.8. The lowest BCUT2D eigenvalue weighted by Crippen LogP contribution is -2.53. The third-order valence-corrected chi connectivity index (χ3v) is 21.6. The van der Waals surface area contributed by atoms with Crippen molar-refractivity contribution in [2.75, 3.05) is 13.2 Å². The van der Waals surface area contributed by atoms with E-state index in [0.717, 1.165) is 86.9 Å². The van der Waals surface area contributed by atoms with Crippen molar-refractivity contribution in [2.24, 2.45) is 7.05 Å². The number of halogens is 2. The summed E-state index contributed by atoms with van der Waals surface area (Å²) in [4.78, 5) is 24.8. The Bertz CT molecular complexity index is 4420. The number of ether oxygens (including phenoxy) is 2. The maximum absolute atomic E-state index is 11.9. The molecule has 0 unspecified atom stereocenters. The van der Waals surface area contributed by atoms with Gasteiger partial charge in [-0.15, -0.1) is 0 Å². The van der Waals surface area contributed by atoms with E-state index in [2.05, 4.69) is 119 Å². The van der Waals surface area contributed by atoms with Gasteiger partial charge in [-0.25, -0.2) is 9.83 Å². The van der Waals surface area contributed by atoms with Gasteiger partial charge in [-0.05, 0) is 96.8 Å². The second-order valence-corrected chi connectivity index (χ2v) is 29.6. The molecule has 10 rings (SSSR count). The monoisotopic (exact) mass is 1430 g/mol. The Hall–Kier alpha value is -8.22. The minimum atomic E-state index is -0.541. The molecule has 0 radical (unpaired) electrons. The van der Waals surface area contributed by atoms with Crippen LogP contribution in [0.15, 0.2) is 158 Å². The van der Waals surface area contributed by atoms with Gasteiger partial charge in [0.2, 0.25) is 5.70 Å². The molecule has 0 amide bonds. The van der Waals surface area contributed by atoms with Crippen LogP contribution >= 0.6 is 23.2 Å². The van der Waals surface area contributed by atoms with E-state index in [1.165, 1.54) is 205 Å². The van der Waals surface area contributed by atoms with Gasteiger partial charge < -0.3 is 18.5 Å². The summed E-state index contributed by atoms with van der Waals surface area (Å²) in [5, 5.41) is 15.3. The molecule has 104 heavy (non-hydrogen) atoms. The third-order valence-electron chi connectivity index (χ3n) is 20.8. The van der Waals surface area contributed by atoms with E-state index in [4.69, 9.17) is 52.6 Å². The number of rotatable bonds is 47. The van der Waals surface area contributed by atoms with E-state index in [0.29, 0.717) is 67.5 Å². The van der Waals surface area contributed by atoms with E-state index < -0.39 is 6.85 Å². The maximum atomic E-state index is 11.9. The summed E-state index contributed by atoms with van der Waals surface area (Å²) in [6, 6.07) is 51.4. The Morgan fingerprint density at radius 2 is 0.798 bits per heavy atom. The quantitative estimate of drug-likeness (QED) is 0.0212. The van der Waals surface area contributed by atoms with Gasteiger partial charge in [0.25, 0.3) is 0 Å². The molecule has 0 saturated carbocycles. The van der Waals surface area contributed by atoms with E-state index in [1.54, 1.807) is 24.5 Å². The SMILES string of the molecule is [C-]#[N+]/C(c1cnc2cc(Cl)c(Cl)cc2n1)=c1\c2c(-c3ccc(OCCCCCCCCCCCCCCCCCCCC)cc3)n(C)/c(=C(/C#N)c3cnc4ccccc4n3)c2c(-c2ccc(OCCCCCCCCCCCCCCCCCCCC)cc2)n1B(c1ccccc1)c1ccccc1. The van der Waals surface area contributed by atoms with Crippen LogP contribution in [0, 0.1) is 17.9 Å². The largest absolute Gasteiger partial charge is 0.494 e. The minimum Gasteiger partial charge on any atom is -0.494 e. The van der Waals surface area contributed by atoms with Crippen molar-refractivity contribution in [1.29, 1.82) is 5.26 Å². The third kappa shape index (κ3) is 22.2. The van der Waals surface area contributed by atoms with Crippen LogP contribution in [0.2, 0.25) is 10.0 Å². The molecule has 0 aliphatic rings. The average Bonchev–Trinajstić information content (AvgIpc) is 1.53. The Labute approximate surface area is 631 Å². The molecule has 0 N–H and O–H groups in total. The molecular formula is C91H111BCl2N8O2. The molecule has 0 aliphatic carbocycles. The summed E-state index contributed by atoms with van der Waals surface area (Å²) in [5.74, 6) is 1.54. The summed E-state index contributed by atoms with van der Waals surface area (Å²) in [6.45, 7) is 14.8. The summed E-state index contributed by atoms with van der Waals surface area (Å²) in [6.07, 6.45) is 51.1. The van der Waals surface area contributed by atoms with Crippen molar-refractivity contribution >= 4 is 85.1 Å². The summed E-state index contributed by atoms with van der Waals surface area (Å²) < 4.78 is 17.5. The van der Waals surface area contributed by atoms with Crippen molar-refractivity contribution in [3.63, 3.8) is 0 Å². The van der Waals surface area contributed by atoms with Crippen LogP contribution in [0.25, 0.3) is 71.5 Å². The number of hydrogen-bond donors (Lipinski definition) is 0. The molecule has 10 nitrogen and oxygen atoms in total. The number of hydrogen-bond acceptors (Lipinski definition) is 7. The van der Waals surface area contributed by atoms with Crippen molar-refractivity contribution in [3.8, 4) is 40.1 Å². The molecule has 10 aromatic rings. The van der Waals surface area contributed by atoms with Crippen LogP contribution in [0.4, 0.5) is 0 Å². The van der Waals surface area contributed by atoms with E-state index in [1.807, 2.05) is 55.6 Å². The highest BCUT2D eigenvalue weighted by Crippen LogP contribution is 2.38. The van der Waals surface area contributed by atoms with Gasteiger partial charge in [-0.1, -0.05) is 339 Å². The van der Waals surface area contributed by atoms with E-state index >= 15 is 0 Å². The molecule has 0 bridgehead atoms. The number of aromatic nitrogens is 6. The van der Waals surface area contributed by atoms with Crippen LogP contribution in [0.1, 0.15) is 256 Å². The number of nitrogens with zero attached hydrogens (tertiary/aromatic N) is 8. The van der Waals surface area contributed by atoms with Crippen LogP contribution in [-0.2, 0) is 7.05 Å². The number of unbranched alkanes of at least 4 members (excludes halogenated alkanes) is 34. The highest BCUT2D eigenvalue weighted by Gasteiger charge is 2.34. The highest BCUT2D eigenvalue weighted by atomic mass is 35.5. The van der Waals surface area contributed by atoms with Gasteiger partial charge in [0, 0.05) is 35.1 Å². The van der Waals surface area contributed by atoms with Gasteiger partial charge in [-0.2, -0.15) is 5.26 Å². The molecule has 0 saturated heterocycles. The molecule has 6 aromatic carbocycles. The van der Waals surface area contributed by atoms with E-state index in [-0.39, 0.29) is 5.70 Å². The van der Waals surface area contributed by atoms with Crippen LogP contribution in [-0.4, -0.2) is 49.0 Å². The second-order valence-electron chi connectivity index (χ2n) is 28.8. The Morgan fingerprint density at radius 3 is 1.23 bits per heavy atom. The van der Waals surface area contributed by atoms with Crippen molar-refractivity contribution in [2.45, 2.75) is 245 Å².